The smallest absolute Gasteiger partial charge is 0.00793 e. The average Bonchev–Trinajstić information content (AvgIpc) is 2.53. The van der Waals surface area contributed by atoms with E-state index in [0.717, 1.165) is 38.5 Å². The van der Waals surface area contributed by atoms with Gasteiger partial charge in [0.15, 0.2) is 0 Å². The molecule has 0 bridgehead atoms. The summed E-state index contributed by atoms with van der Waals surface area (Å²) in [7, 11) is 0. The van der Waals surface area contributed by atoms with Crippen LogP contribution in [0, 0.1) is 0 Å². The van der Waals surface area contributed by atoms with Crippen molar-refractivity contribution in [2.75, 3.05) is 0 Å². The van der Waals surface area contributed by atoms with E-state index in [1.54, 1.807) is 0 Å². The van der Waals surface area contributed by atoms with Gasteiger partial charge in [-0.2, -0.15) is 0 Å². The van der Waals surface area contributed by atoms with E-state index in [1.165, 1.54) is 11.1 Å². The van der Waals surface area contributed by atoms with Crippen molar-refractivity contribution < 1.29 is 0 Å². The first kappa shape index (κ1) is 16.7. The number of rotatable bonds is 9. The van der Waals surface area contributed by atoms with Gasteiger partial charge in [-0.05, 0) is 36.8 Å². The zero-order valence-corrected chi connectivity index (χ0v) is 13.3. The van der Waals surface area contributed by atoms with Crippen LogP contribution in [0.5, 0.6) is 0 Å². The van der Waals surface area contributed by atoms with Gasteiger partial charge in [0.1, 0.15) is 0 Å². The highest BCUT2D eigenvalue weighted by atomic mass is 14.6. The van der Waals surface area contributed by atoms with Gasteiger partial charge in [-0.3, -0.25) is 0 Å². The molecule has 0 aliphatic rings. The first-order valence-corrected chi connectivity index (χ1v) is 8.33. The van der Waals surface area contributed by atoms with Crippen LogP contribution in [-0.2, 0) is 12.8 Å². The number of unbranched alkanes of at least 4 members (excludes halogenated alkanes) is 1. The van der Waals surface area contributed by atoms with E-state index >= 15 is 0 Å². The standard InChI is InChI=1S/C20H28N2/c21-19(15-17-9-3-1-4-10-17)13-7-8-14-20(22)16-18-11-5-2-6-12-18/h1-6,9-12,19-20H,7-8,13-16,21-22H2. The monoisotopic (exact) mass is 296 g/mol. The topological polar surface area (TPSA) is 52.0 Å². The molecule has 2 atom stereocenters. The summed E-state index contributed by atoms with van der Waals surface area (Å²) >= 11 is 0. The molecule has 0 radical (unpaired) electrons. The zero-order valence-electron chi connectivity index (χ0n) is 13.3. The Morgan fingerprint density at radius 3 is 1.32 bits per heavy atom. The summed E-state index contributed by atoms with van der Waals surface area (Å²) in [6, 6.07) is 21.5. The number of hydrogen-bond acceptors (Lipinski definition) is 2. The lowest BCUT2D eigenvalue weighted by Gasteiger charge is -2.14. The van der Waals surface area contributed by atoms with Crippen LogP contribution in [0.15, 0.2) is 60.7 Å². The van der Waals surface area contributed by atoms with Gasteiger partial charge < -0.3 is 11.5 Å². The zero-order chi connectivity index (χ0) is 15.6. The third-order valence-electron chi connectivity index (χ3n) is 4.08. The summed E-state index contributed by atoms with van der Waals surface area (Å²) in [5.41, 5.74) is 15.1. The molecule has 0 saturated heterocycles. The number of hydrogen-bond donors (Lipinski definition) is 2. The van der Waals surface area contributed by atoms with Gasteiger partial charge in [0, 0.05) is 12.1 Å². The SMILES string of the molecule is NC(CCCCC(N)Cc1ccccc1)Cc1ccccc1. The van der Waals surface area contributed by atoms with Crippen molar-refractivity contribution in [3.63, 3.8) is 0 Å². The summed E-state index contributed by atoms with van der Waals surface area (Å²) in [6.45, 7) is 0. The van der Waals surface area contributed by atoms with Crippen molar-refractivity contribution >= 4 is 0 Å². The minimum Gasteiger partial charge on any atom is -0.327 e. The summed E-state index contributed by atoms with van der Waals surface area (Å²) in [5, 5.41) is 0. The van der Waals surface area contributed by atoms with E-state index in [1.807, 2.05) is 12.1 Å². The van der Waals surface area contributed by atoms with Crippen molar-refractivity contribution in [2.24, 2.45) is 11.5 Å². The minimum absolute atomic E-state index is 0.257. The molecule has 118 valence electrons. The molecule has 0 fully saturated rings. The molecule has 0 saturated carbocycles. The first-order valence-electron chi connectivity index (χ1n) is 8.33. The minimum atomic E-state index is 0.257. The molecule has 0 spiro atoms. The maximum atomic E-state index is 6.21. The number of benzene rings is 2. The Kier molecular flexibility index (Phi) is 7.14. The average molecular weight is 296 g/mol. The van der Waals surface area contributed by atoms with Gasteiger partial charge in [0.2, 0.25) is 0 Å². The largest absolute Gasteiger partial charge is 0.327 e. The molecule has 2 aromatic carbocycles. The van der Waals surface area contributed by atoms with Crippen LogP contribution >= 0.6 is 0 Å². The van der Waals surface area contributed by atoms with Gasteiger partial charge in [0.25, 0.3) is 0 Å². The fourth-order valence-corrected chi connectivity index (χ4v) is 2.85. The molecule has 0 aromatic heterocycles. The van der Waals surface area contributed by atoms with Crippen molar-refractivity contribution in [1.29, 1.82) is 0 Å². The van der Waals surface area contributed by atoms with Crippen molar-refractivity contribution in [2.45, 2.75) is 50.6 Å². The van der Waals surface area contributed by atoms with E-state index in [0.29, 0.717) is 0 Å². The Morgan fingerprint density at radius 2 is 0.955 bits per heavy atom. The lowest BCUT2D eigenvalue weighted by atomic mass is 9.98. The molecule has 22 heavy (non-hydrogen) atoms. The molecule has 2 heteroatoms. The predicted octanol–water partition coefficient (Wildman–Crippen LogP) is 3.69. The van der Waals surface area contributed by atoms with E-state index in [-0.39, 0.29) is 12.1 Å². The Labute approximate surface area is 134 Å². The quantitative estimate of drug-likeness (QED) is 0.693. The second-order valence-electron chi connectivity index (χ2n) is 6.18. The van der Waals surface area contributed by atoms with E-state index in [9.17, 15) is 0 Å². The maximum Gasteiger partial charge on any atom is 0.00793 e. The number of nitrogens with two attached hydrogens (primary N) is 2. The van der Waals surface area contributed by atoms with Gasteiger partial charge >= 0.3 is 0 Å². The fourth-order valence-electron chi connectivity index (χ4n) is 2.85. The highest BCUT2D eigenvalue weighted by Gasteiger charge is 2.06. The van der Waals surface area contributed by atoms with Crippen LogP contribution in [-0.4, -0.2) is 12.1 Å². The maximum absolute atomic E-state index is 6.21. The first-order chi connectivity index (χ1) is 10.7. The highest BCUT2D eigenvalue weighted by molar-refractivity contribution is 5.16. The second-order valence-corrected chi connectivity index (χ2v) is 6.18. The summed E-state index contributed by atoms with van der Waals surface area (Å²) < 4.78 is 0. The van der Waals surface area contributed by atoms with Gasteiger partial charge in [-0.25, -0.2) is 0 Å². The van der Waals surface area contributed by atoms with Crippen molar-refractivity contribution in [3.8, 4) is 0 Å². The van der Waals surface area contributed by atoms with E-state index in [4.69, 9.17) is 11.5 Å². The van der Waals surface area contributed by atoms with Crippen molar-refractivity contribution in [3.05, 3.63) is 71.8 Å². The lowest BCUT2D eigenvalue weighted by molar-refractivity contribution is 0.511. The van der Waals surface area contributed by atoms with E-state index in [2.05, 4.69) is 48.5 Å². The molecular formula is C20H28N2. The molecule has 0 amide bonds. The van der Waals surface area contributed by atoms with Crippen LogP contribution in [0.3, 0.4) is 0 Å². The summed E-state index contributed by atoms with van der Waals surface area (Å²) in [5.74, 6) is 0. The normalized spacial score (nSPS) is 13.7. The van der Waals surface area contributed by atoms with Crippen LogP contribution < -0.4 is 11.5 Å². The molecule has 4 N–H and O–H groups in total. The molecule has 2 aromatic rings. The van der Waals surface area contributed by atoms with Crippen LogP contribution in [0.1, 0.15) is 36.8 Å². The predicted molar refractivity (Wildman–Crippen MR) is 94.7 cm³/mol. The van der Waals surface area contributed by atoms with Gasteiger partial charge in [-0.15, -0.1) is 0 Å². The van der Waals surface area contributed by atoms with Gasteiger partial charge in [-0.1, -0.05) is 73.5 Å². The molecule has 0 aliphatic carbocycles. The van der Waals surface area contributed by atoms with Gasteiger partial charge in [0.05, 0.1) is 0 Å². The third-order valence-corrected chi connectivity index (χ3v) is 4.08. The molecule has 0 heterocycles. The Balaban J connectivity index is 1.58. The van der Waals surface area contributed by atoms with Crippen LogP contribution in [0.25, 0.3) is 0 Å². The second kappa shape index (κ2) is 9.39. The lowest BCUT2D eigenvalue weighted by Crippen LogP contribution is -2.24. The molecular weight excluding hydrogens is 268 g/mol. The summed E-state index contributed by atoms with van der Waals surface area (Å²) in [4.78, 5) is 0. The Bertz CT molecular complexity index is 460. The third kappa shape index (κ3) is 6.42. The Morgan fingerprint density at radius 1 is 0.591 bits per heavy atom. The molecule has 2 nitrogen and oxygen atoms in total. The Hall–Kier alpha value is -1.64. The van der Waals surface area contributed by atoms with E-state index < -0.39 is 0 Å². The molecule has 2 rings (SSSR count). The summed E-state index contributed by atoms with van der Waals surface area (Å²) in [6.07, 6.45) is 6.42. The fraction of sp³-hybridized carbons (Fsp3) is 0.400. The highest BCUT2D eigenvalue weighted by Crippen LogP contribution is 2.11. The van der Waals surface area contributed by atoms with Crippen LogP contribution in [0.4, 0.5) is 0 Å². The molecule has 0 aliphatic heterocycles. The molecule has 2 unspecified atom stereocenters. The van der Waals surface area contributed by atoms with Crippen molar-refractivity contribution in [1.82, 2.24) is 0 Å². The van der Waals surface area contributed by atoms with Crippen LogP contribution in [0.2, 0.25) is 0 Å².